The van der Waals surface area contributed by atoms with Crippen molar-refractivity contribution in [3.63, 3.8) is 0 Å². The summed E-state index contributed by atoms with van der Waals surface area (Å²) in [5, 5.41) is 14.9. The first-order valence-electron chi connectivity index (χ1n) is 18.6. The fourth-order valence-corrected chi connectivity index (χ4v) is 6.64. The van der Waals surface area contributed by atoms with Gasteiger partial charge in [-0.05, 0) is 64.1 Å². The number of aromatic nitrogens is 10. The molecule has 8 N–H and O–H groups in total. The summed E-state index contributed by atoms with van der Waals surface area (Å²) >= 11 is 6.04. The highest BCUT2D eigenvalue weighted by molar-refractivity contribution is 6.30. The lowest BCUT2D eigenvalue weighted by Gasteiger charge is -2.13. The number of aryl methyl sites for hydroxylation is 4. The van der Waals surface area contributed by atoms with E-state index in [1.807, 2.05) is 13.8 Å². The Hall–Kier alpha value is -7.61. The number of pyridine rings is 2. The number of nitrogens with zero attached hydrogens (tertiary/aromatic N) is 10. The van der Waals surface area contributed by atoms with Crippen molar-refractivity contribution >= 4 is 75.0 Å². The monoisotopic (exact) mass is 833 g/mol. The predicted octanol–water partition coefficient (Wildman–Crippen LogP) is 4.00. The van der Waals surface area contributed by atoms with Crippen molar-refractivity contribution in [2.75, 3.05) is 16.4 Å². The number of carbonyl (C=O) groups excluding carboxylic acids is 4. The number of allylic oxidation sites excluding steroid dienone is 2. The third-order valence-electron chi connectivity index (χ3n) is 9.44. The number of anilines is 3. The number of benzene rings is 1. The summed E-state index contributed by atoms with van der Waals surface area (Å²) < 4.78 is 12.7. The van der Waals surface area contributed by atoms with Crippen LogP contribution in [0.5, 0.6) is 5.75 Å². The van der Waals surface area contributed by atoms with E-state index in [-0.39, 0.29) is 59.9 Å². The lowest BCUT2D eigenvalue weighted by atomic mass is 10.1. The first-order valence-corrected chi connectivity index (χ1v) is 19.0. The molecule has 0 unspecified atom stereocenters. The minimum absolute atomic E-state index is 0.00306. The number of nitrogens with one attached hydrogen (secondary N) is 2. The van der Waals surface area contributed by atoms with Crippen LogP contribution in [0, 0.1) is 13.8 Å². The van der Waals surface area contributed by atoms with Crippen LogP contribution in [-0.2, 0) is 32.8 Å². The van der Waals surface area contributed by atoms with Gasteiger partial charge in [0.05, 0.1) is 38.9 Å². The summed E-state index contributed by atoms with van der Waals surface area (Å²) in [6.45, 7) is 8.29. The van der Waals surface area contributed by atoms with E-state index >= 15 is 0 Å². The first-order chi connectivity index (χ1) is 28.8. The molecule has 7 rings (SSSR count). The normalized spacial score (nSPS) is 11.5. The average Bonchev–Trinajstić information content (AvgIpc) is 3.96. The Morgan fingerprint density at radius 3 is 2.15 bits per heavy atom. The van der Waals surface area contributed by atoms with Crippen molar-refractivity contribution in [3.8, 4) is 5.75 Å². The molecule has 0 fully saturated rings. The largest absolute Gasteiger partial charge is 0.485 e. The summed E-state index contributed by atoms with van der Waals surface area (Å²) in [4.78, 5) is 69.9. The summed E-state index contributed by atoms with van der Waals surface area (Å²) in [5.41, 5.74) is 21.6. The van der Waals surface area contributed by atoms with Gasteiger partial charge in [-0.25, -0.2) is 15.0 Å². The highest BCUT2D eigenvalue weighted by Gasteiger charge is 2.24. The second kappa shape index (κ2) is 16.7. The molecule has 0 radical (unpaired) electrons. The van der Waals surface area contributed by atoms with E-state index < -0.39 is 23.6 Å². The Morgan fingerprint density at radius 2 is 1.47 bits per heavy atom. The van der Waals surface area contributed by atoms with Crippen molar-refractivity contribution in [2.24, 2.45) is 11.5 Å². The molecule has 308 valence electrons. The molecule has 6 heterocycles. The fraction of sp³-hybridized carbons (Fsp3) is 0.231. The molecule has 1 aromatic carbocycles. The molecule has 0 aliphatic heterocycles. The number of imidazole rings is 2. The standard InChI is InChI=1S/C39H40ClN15O5/c1-5-54-28(13-20(3)50-54)36(58)48-38-46-26-14-22(33(42)56)16-29(60-19-25-10-9-24(40)18-44-25)31(26)52(38)11-7-8-12-53-35-27(15-23(17-45-35)34(43)57)47-39(53)49-37(59)32-30(41)21(4)51-55(32)6-2/h7-10,13-18H,5-6,11-12,19,41H2,1-4H3,(H2,42,56)(H2,43,57)(H,46,48,58)(H,47,49,59)/b8-7+. The maximum absolute atomic E-state index is 13.7. The van der Waals surface area contributed by atoms with Crippen LogP contribution in [0.25, 0.3) is 22.2 Å². The number of hydrogen-bond donors (Lipinski definition) is 5. The van der Waals surface area contributed by atoms with Crippen molar-refractivity contribution in [1.29, 1.82) is 0 Å². The lowest BCUT2D eigenvalue weighted by Crippen LogP contribution is -2.21. The van der Waals surface area contributed by atoms with E-state index in [0.717, 1.165) is 0 Å². The fourth-order valence-electron chi connectivity index (χ4n) is 6.53. The van der Waals surface area contributed by atoms with Crippen LogP contribution in [0.15, 0.2) is 60.9 Å². The van der Waals surface area contributed by atoms with Crippen molar-refractivity contribution in [3.05, 3.63) is 106 Å². The second-order valence-corrected chi connectivity index (χ2v) is 14.0. The van der Waals surface area contributed by atoms with Gasteiger partial charge in [-0.2, -0.15) is 10.2 Å². The van der Waals surface area contributed by atoms with Crippen LogP contribution in [0.3, 0.4) is 0 Å². The number of ether oxygens (including phenoxy) is 1. The minimum Gasteiger partial charge on any atom is -0.485 e. The number of nitrogen functional groups attached to an aromatic ring is 1. The Labute approximate surface area is 346 Å². The average molecular weight is 834 g/mol. The van der Waals surface area contributed by atoms with Crippen molar-refractivity contribution in [2.45, 2.75) is 60.5 Å². The summed E-state index contributed by atoms with van der Waals surface area (Å²) in [6, 6.07) is 9.55. The number of rotatable bonds is 15. The molecule has 0 aliphatic carbocycles. The van der Waals surface area contributed by atoms with Crippen LogP contribution in [0.4, 0.5) is 17.6 Å². The first kappa shape index (κ1) is 40.6. The molecule has 0 bridgehead atoms. The summed E-state index contributed by atoms with van der Waals surface area (Å²) in [6.07, 6.45) is 6.40. The number of hydrogen-bond acceptors (Lipinski definition) is 12. The molecule has 6 aromatic heterocycles. The molecule has 4 amide bonds. The maximum Gasteiger partial charge on any atom is 0.278 e. The lowest BCUT2D eigenvalue weighted by molar-refractivity contribution is 0.0991. The Bertz CT molecular complexity index is 2850. The Kier molecular flexibility index (Phi) is 11.3. The van der Waals surface area contributed by atoms with Crippen LogP contribution < -0.4 is 32.6 Å². The molecule has 0 saturated heterocycles. The van der Waals surface area contributed by atoms with E-state index in [0.29, 0.717) is 63.1 Å². The molecule has 0 atom stereocenters. The zero-order valence-electron chi connectivity index (χ0n) is 32.9. The van der Waals surface area contributed by atoms with E-state index in [1.54, 1.807) is 58.0 Å². The van der Waals surface area contributed by atoms with Gasteiger partial charge in [-0.3, -0.25) is 48.7 Å². The molecule has 7 aromatic rings. The Morgan fingerprint density at radius 1 is 0.800 bits per heavy atom. The smallest absolute Gasteiger partial charge is 0.278 e. The number of fused-ring (bicyclic) bond motifs is 2. The van der Waals surface area contributed by atoms with Gasteiger partial charge in [0.2, 0.25) is 23.7 Å². The number of halogens is 1. The number of nitrogens with two attached hydrogens (primary N) is 3. The maximum atomic E-state index is 13.7. The van der Waals surface area contributed by atoms with Gasteiger partial charge in [0.25, 0.3) is 11.8 Å². The molecule has 20 nitrogen and oxygen atoms in total. The van der Waals surface area contributed by atoms with E-state index in [1.165, 1.54) is 35.3 Å². The predicted molar refractivity (Wildman–Crippen MR) is 223 cm³/mol. The SMILES string of the molecule is CCn1nc(C)cc1C(=O)Nc1nc2cc(C(N)=O)cc(OCc3ccc(Cl)cn3)c2n1C/C=C/Cn1c(NC(=O)c2c(N)c(C)nn2CC)nc2cc(C(N)=O)cnc21. The highest BCUT2D eigenvalue weighted by Crippen LogP contribution is 2.32. The van der Waals surface area contributed by atoms with Gasteiger partial charge in [-0.15, -0.1) is 0 Å². The van der Waals surface area contributed by atoms with Crippen molar-refractivity contribution in [1.82, 2.24) is 48.6 Å². The van der Waals surface area contributed by atoms with Gasteiger partial charge in [0.1, 0.15) is 34.8 Å². The second-order valence-electron chi connectivity index (χ2n) is 13.5. The van der Waals surface area contributed by atoms with E-state index in [2.05, 4.69) is 35.8 Å². The van der Waals surface area contributed by atoms with Gasteiger partial charge in [-0.1, -0.05) is 23.8 Å². The third kappa shape index (κ3) is 8.07. The Balaban J connectivity index is 1.27. The molecule has 0 spiro atoms. The van der Waals surface area contributed by atoms with Crippen LogP contribution in [0.1, 0.15) is 72.6 Å². The van der Waals surface area contributed by atoms with Crippen LogP contribution in [0.2, 0.25) is 5.02 Å². The third-order valence-corrected chi connectivity index (χ3v) is 9.66. The van der Waals surface area contributed by atoms with Gasteiger partial charge in [0, 0.05) is 44.1 Å². The van der Waals surface area contributed by atoms with Gasteiger partial charge >= 0.3 is 0 Å². The minimum atomic E-state index is -0.710. The number of amides is 4. The zero-order valence-corrected chi connectivity index (χ0v) is 33.7. The van der Waals surface area contributed by atoms with Crippen molar-refractivity contribution < 1.29 is 23.9 Å². The quantitative estimate of drug-likeness (QED) is 0.0917. The van der Waals surface area contributed by atoms with Crippen LogP contribution in [-0.4, -0.2) is 72.3 Å². The van der Waals surface area contributed by atoms with Crippen LogP contribution >= 0.6 is 11.6 Å². The number of primary amides is 2. The van der Waals surface area contributed by atoms with Gasteiger partial charge < -0.3 is 26.5 Å². The van der Waals surface area contributed by atoms with E-state index in [9.17, 15) is 19.2 Å². The topological polar surface area (TPSA) is 277 Å². The highest BCUT2D eigenvalue weighted by atomic mass is 35.5. The molecule has 0 aliphatic rings. The zero-order chi connectivity index (χ0) is 42.8. The van der Waals surface area contributed by atoms with Gasteiger partial charge in [0.15, 0.2) is 5.65 Å². The number of carbonyl (C=O) groups is 4. The molecular formula is C39H40ClN15O5. The molecule has 0 saturated carbocycles. The summed E-state index contributed by atoms with van der Waals surface area (Å²) in [7, 11) is 0. The molecule has 60 heavy (non-hydrogen) atoms. The summed E-state index contributed by atoms with van der Waals surface area (Å²) in [5.74, 6) is -1.92. The molecule has 21 heteroatoms. The molecular weight excluding hydrogens is 794 g/mol. The van der Waals surface area contributed by atoms with E-state index in [4.69, 9.17) is 38.5 Å².